The Kier molecular flexibility index (Phi) is 5.65. The number of carbonyl (C=O) groups excluding carboxylic acids is 1. The van der Waals surface area contributed by atoms with Crippen molar-refractivity contribution >= 4 is 40.8 Å². The van der Waals surface area contributed by atoms with Gasteiger partial charge in [-0.1, -0.05) is 19.1 Å². The summed E-state index contributed by atoms with van der Waals surface area (Å²) in [4.78, 5) is 13.3. The van der Waals surface area contributed by atoms with Crippen molar-refractivity contribution in [2.24, 2.45) is 5.10 Å². The number of amides is 1. The van der Waals surface area contributed by atoms with Gasteiger partial charge in [0.25, 0.3) is 5.91 Å². The predicted octanol–water partition coefficient (Wildman–Crippen LogP) is 2.34. The molecule has 8 nitrogen and oxygen atoms in total. The lowest BCUT2D eigenvalue weighted by molar-refractivity contribution is -0.118. The number of hydrazone groups is 1. The second-order valence-corrected chi connectivity index (χ2v) is 6.35. The van der Waals surface area contributed by atoms with Crippen LogP contribution < -0.4 is 20.4 Å². The SMILES string of the molecule is CCc1cc(/C(=N/NC=S)N(C)c2ccc3c(c2)NC(=O)CO3)c(O)cc1O. The lowest BCUT2D eigenvalue weighted by Gasteiger charge is -2.25. The maximum absolute atomic E-state index is 11.6. The van der Waals surface area contributed by atoms with Crippen LogP contribution in [-0.4, -0.2) is 41.1 Å². The van der Waals surface area contributed by atoms with Gasteiger partial charge in [0, 0.05) is 18.8 Å². The van der Waals surface area contributed by atoms with Gasteiger partial charge < -0.3 is 25.2 Å². The Morgan fingerprint density at radius 3 is 2.86 bits per heavy atom. The van der Waals surface area contributed by atoms with Crippen molar-refractivity contribution in [1.82, 2.24) is 5.43 Å². The van der Waals surface area contributed by atoms with E-state index >= 15 is 0 Å². The van der Waals surface area contributed by atoms with Crippen LogP contribution in [0.25, 0.3) is 0 Å². The molecule has 0 aliphatic carbocycles. The molecule has 0 unspecified atom stereocenters. The summed E-state index contributed by atoms with van der Waals surface area (Å²) in [5.74, 6) is 0.611. The van der Waals surface area contributed by atoms with E-state index < -0.39 is 0 Å². The van der Waals surface area contributed by atoms with E-state index in [2.05, 4.69) is 15.8 Å². The summed E-state index contributed by atoms with van der Waals surface area (Å²) in [7, 11) is 1.76. The molecule has 2 aromatic carbocycles. The number of hydrogen-bond donors (Lipinski definition) is 4. The molecule has 0 atom stereocenters. The van der Waals surface area contributed by atoms with E-state index in [0.29, 0.717) is 40.5 Å². The van der Waals surface area contributed by atoms with Gasteiger partial charge in [-0.15, -0.1) is 0 Å². The highest BCUT2D eigenvalue weighted by Crippen LogP contribution is 2.34. The highest BCUT2D eigenvalue weighted by molar-refractivity contribution is 7.78. The smallest absolute Gasteiger partial charge is 0.262 e. The third-order valence-electron chi connectivity index (χ3n) is 4.34. The normalized spacial score (nSPS) is 13.2. The number of hydrogen-bond acceptors (Lipinski definition) is 6. The minimum Gasteiger partial charge on any atom is -0.508 e. The highest BCUT2D eigenvalue weighted by atomic mass is 32.1. The van der Waals surface area contributed by atoms with Crippen molar-refractivity contribution in [1.29, 1.82) is 0 Å². The number of phenolic OH excluding ortho intramolecular Hbond substituents is 2. The summed E-state index contributed by atoms with van der Waals surface area (Å²) in [6.07, 6.45) is 0.582. The fourth-order valence-corrected chi connectivity index (χ4v) is 2.94. The van der Waals surface area contributed by atoms with Gasteiger partial charge in [-0.25, -0.2) is 0 Å². The maximum atomic E-state index is 11.6. The molecule has 0 saturated heterocycles. The molecule has 9 heteroatoms. The van der Waals surface area contributed by atoms with Crippen molar-refractivity contribution in [3.8, 4) is 17.2 Å². The Labute approximate surface area is 167 Å². The van der Waals surface area contributed by atoms with Crippen LogP contribution in [0.3, 0.4) is 0 Å². The van der Waals surface area contributed by atoms with Gasteiger partial charge in [0.15, 0.2) is 12.4 Å². The standard InChI is InChI=1S/C19H20N4O4S/c1-3-11-6-13(16(25)8-15(11)24)19(22-20-10-28)23(2)12-4-5-17-14(7-12)21-18(26)9-27-17/h4-8,10,24-25H,3,9H2,1-2H3,(H,20,28)(H,21,26)/b22-19-. The molecule has 1 heterocycles. The summed E-state index contributed by atoms with van der Waals surface area (Å²) < 4.78 is 5.38. The molecule has 1 aliphatic rings. The molecule has 0 aromatic heterocycles. The molecule has 0 bridgehead atoms. The molecule has 4 N–H and O–H groups in total. The van der Waals surface area contributed by atoms with Crippen LogP contribution in [-0.2, 0) is 11.2 Å². The van der Waals surface area contributed by atoms with Crippen molar-refractivity contribution in [2.75, 3.05) is 23.9 Å². The summed E-state index contributed by atoms with van der Waals surface area (Å²) in [6, 6.07) is 8.27. The number of nitrogens with one attached hydrogen (secondary N) is 2. The third-order valence-corrected chi connectivity index (χ3v) is 4.45. The van der Waals surface area contributed by atoms with Gasteiger partial charge in [0.05, 0.1) is 16.7 Å². The molecule has 0 radical (unpaired) electrons. The first-order valence-corrected chi connectivity index (χ1v) is 9.04. The Bertz CT molecular complexity index is 961. The van der Waals surface area contributed by atoms with E-state index in [4.69, 9.17) is 17.0 Å². The second kappa shape index (κ2) is 8.13. The number of fused-ring (bicyclic) bond motifs is 1. The van der Waals surface area contributed by atoms with Crippen LogP contribution in [0.15, 0.2) is 35.4 Å². The van der Waals surface area contributed by atoms with Crippen LogP contribution in [0.4, 0.5) is 11.4 Å². The first-order chi connectivity index (χ1) is 13.4. The van der Waals surface area contributed by atoms with E-state index in [9.17, 15) is 15.0 Å². The van der Waals surface area contributed by atoms with Crippen molar-refractivity contribution in [3.05, 3.63) is 41.5 Å². The Morgan fingerprint density at radius 1 is 1.36 bits per heavy atom. The molecular weight excluding hydrogens is 380 g/mol. The van der Waals surface area contributed by atoms with Crippen molar-refractivity contribution in [3.63, 3.8) is 0 Å². The van der Waals surface area contributed by atoms with E-state index in [0.717, 1.165) is 0 Å². The Morgan fingerprint density at radius 2 is 2.14 bits per heavy atom. The Balaban J connectivity index is 2.05. The molecule has 2 aromatic rings. The molecule has 0 spiro atoms. The lowest BCUT2D eigenvalue weighted by Crippen LogP contribution is -2.30. The average molecular weight is 400 g/mol. The van der Waals surface area contributed by atoms with Gasteiger partial charge in [-0.3, -0.25) is 10.2 Å². The van der Waals surface area contributed by atoms with Crippen LogP contribution in [0, 0.1) is 0 Å². The number of thiocarbonyl (C=S) groups is 1. The minimum atomic E-state index is -0.229. The molecule has 1 aliphatic heterocycles. The molecule has 0 fully saturated rings. The quantitative estimate of drug-likeness (QED) is 0.264. The van der Waals surface area contributed by atoms with Gasteiger partial charge in [0.1, 0.15) is 17.2 Å². The third kappa shape index (κ3) is 3.84. The van der Waals surface area contributed by atoms with Gasteiger partial charge in [0.2, 0.25) is 0 Å². The van der Waals surface area contributed by atoms with Crippen molar-refractivity contribution < 1.29 is 19.7 Å². The zero-order valence-electron chi connectivity index (χ0n) is 15.4. The lowest BCUT2D eigenvalue weighted by atomic mass is 10.0. The van der Waals surface area contributed by atoms with E-state index in [-0.39, 0.29) is 24.0 Å². The van der Waals surface area contributed by atoms with Gasteiger partial charge >= 0.3 is 0 Å². The van der Waals surface area contributed by atoms with E-state index in [1.165, 1.54) is 11.6 Å². The fraction of sp³-hybridized carbons (Fsp3) is 0.211. The summed E-state index contributed by atoms with van der Waals surface area (Å²) in [5.41, 5.74) is 6.18. The number of aromatic hydroxyl groups is 2. The first kappa shape index (κ1) is 19.4. The molecule has 0 saturated carbocycles. The largest absolute Gasteiger partial charge is 0.508 e. The van der Waals surface area contributed by atoms with Crippen LogP contribution in [0.1, 0.15) is 18.1 Å². The fourth-order valence-electron chi connectivity index (χ4n) is 2.89. The number of ether oxygens (including phenoxy) is 1. The zero-order valence-corrected chi connectivity index (χ0v) is 16.2. The molecule has 28 heavy (non-hydrogen) atoms. The molecule has 3 rings (SSSR count). The Hall–Kier alpha value is -3.33. The predicted molar refractivity (Wildman–Crippen MR) is 111 cm³/mol. The van der Waals surface area contributed by atoms with Crippen LogP contribution in [0.2, 0.25) is 0 Å². The summed E-state index contributed by atoms with van der Waals surface area (Å²) >= 11 is 4.79. The average Bonchev–Trinajstić information content (AvgIpc) is 2.68. The zero-order chi connectivity index (χ0) is 20.3. The van der Waals surface area contributed by atoms with Gasteiger partial charge in [-0.2, -0.15) is 5.10 Å². The maximum Gasteiger partial charge on any atom is 0.262 e. The van der Waals surface area contributed by atoms with Crippen LogP contribution >= 0.6 is 12.2 Å². The molecule has 1 amide bonds. The summed E-state index contributed by atoms with van der Waals surface area (Å²) in [5, 5.41) is 27.4. The number of aryl methyl sites for hydroxylation is 1. The van der Waals surface area contributed by atoms with Crippen molar-refractivity contribution in [2.45, 2.75) is 13.3 Å². The monoisotopic (exact) mass is 400 g/mol. The number of phenols is 2. The summed E-state index contributed by atoms with van der Waals surface area (Å²) in [6.45, 7) is 1.88. The molecule has 146 valence electrons. The second-order valence-electron chi connectivity index (χ2n) is 6.11. The number of carbonyl (C=O) groups is 1. The number of amidine groups is 1. The van der Waals surface area contributed by atoms with Crippen LogP contribution in [0.5, 0.6) is 17.2 Å². The highest BCUT2D eigenvalue weighted by Gasteiger charge is 2.21. The van der Waals surface area contributed by atoms with Gasteiger partial charge in [-0.05, 0) is 36.2 Å². The number of rotatable bonds is 5. The molecular formula is C19H20N4O4S. The van der Waals surface area contributed by atoms with E-state index in [1.807, 2.05) is 6.92 Å². The minimum absolute atomic E-state index is 0.0159. The number of benzene rings is 2. The van der Waals surface area contributed by atoms with E-state index in [1.54, 1.807) is 36.2 Å². The first-order valence-electron chi connectivity index (χ1n) is 8.57. The number of nitrogens with zero attached hydrogens (tertiary/aromatic N) is 2. The topological polar surface area (TPSA) is 106 Å². The number of anilines is 2.